The van der Waals surface area contributed by atoms with Gasteiger partial charge in [-0.2, -0.15) is 0 Å². The van der Waals surface area contributed by atoms with Crippen LogP contribution in [0, 0.1) is 6.92 Å². The summed E-state index contributed by atoms with van der Waals surface area (Å²) >= 11 is 0. The third-order valence-electron chi connectivity index (χ3n) is 5.75. The molecule has 1 aliphatic rings. The minimum absolute atomic E-state index is 0.0835. The number of aromatic nitrogens is 1. The highest BCUT2D eigenvalue weighted by atomic mass is 16.6. The van der Waals surface area contributed by atoms with Gasteiger partial charge in [0.25, 0.3) is 0 Å². The van der Waals surface area contributed by atoms with Crippen LogP contribution in [0.15, 0.2) is 24.3 Å². The quantitative estimate of drug-likeness (QED) is 0.507. The largest absolute Gasteiger partial charge is 0.459 e. The van der Waals surface area contributed by atoms with Gasteiger partial charge in [0.05, 0.1) is 6.61 Å². The van der Waals surface area contributed by atoms with Gasteiger partial charge in [0.2, 0.25) is 0 Å². The molecule has 162 valence electrons. The summed E-state index contributed by atoms with van der Waals surface area (Å²) in [5.41, 5.74) is 5.10. The van der Waals surface area contributed by atoms with Gasteiger partial charge in [-0.15, -0.1) is 0 Å². The lowest BCUT2D eigenvalue weighted by atomic mass is 9.80. The lowest BCUT2D eigenvalue weighted by molar-refractivity contribution is 0.0312. The Morgan fingerprint density at radius 1 is 1.10 bits per heavy atom. The zero-order valence-corrected chi connectivity index (χ0v) is 18.8. The predicted octanol–water partition coefficient (Wildman–Crippen LogP) is 5.12. The summed E-state index contributed by atoms with van der Waals surface area (Å²) in [5, 5.41) is 0. The summed E-state index contributed by atoms with van der Waals surface area (Å²) in [5.74, 6) is -0.232. The van der Waals surface area contributed by atoms with E-state index in [4.69, 9.17) is 9.47 Å². The lowest BCUT2D eigenvalue weighted by Gasteiger charge is -2.24. The Kier molecular flexibility index (Phi) is 6.81. The molecule has 1 N–H and O–H groups in total. The molecular weight excluding hydrogens is 378 g/mol. The van der Waals surface area contributed by atoms with Crippen LogP contribution in [0.1, 0.15) is 89.7 Å². The number of carbonyl (C=O) groups excluding carboxylic acids is 2. The molecule has 1 heterocycles. The highest BCUT2D eigenvalue weighted by molar-refractivity contribution is 6.03. The molecule has 0 radical (unpaired) electrons. The van der Waals surface area contributed by atoms with E-state index in [1.807, 2.05) is 13.8 Å². The van der Waals surface area contributed by atoms with Crippen LogP contribution >= 0.6 is 0 Å². The van der Waals surface area contributed by atoms with Gasteiger partial charge in [0.1, 0.15) is 12.3 Å². The van der Waals surface area contributed by atoms with E-state index in [0.717, 1.165) is 17.7 Å². The Balaban J connectivity index is 1.73. The van der Waals surface area contributed by atoms with Gasteiger partial charge in [-0.25, -0.2) is 4.79 Å². The second-order valence-corrected chi connectivity index (χ2v) is 9.13. The van der Waals surface area contributed by atoms with Crippen LogP contribution in [-0.2, 0) is 21.3 Å². The number of benzene rings is 1. The van der Waals surface area contributed by atoms with E-state index in [0.29, 0.717) is 42.9 Å². The Labute approximate surface area is 179 Å². The van der Waals surface area contributed by atoms with Crippen LogP contribution < -0.4 is 0 Å². The molecule has 1 atom stereocenters. The van der Waals surface area contributed by atoms with Crippen LogP contribution in [0.3, 0.4) is 0 Å². The Hall–Kier alpha value is -2.40. The number of fused-ring (bicyclic) bond motifs is 1. The van der Waals surface area contributed by atoms with E-state index in [1.165, 1.54) is 5.56 Å². The topological polar surface area (TPSA) is 68.4 Å². The van der Waals surface area contributed by atoms with Gasteiger partial charge in [-0.05, 0) is 47.8 Å². The highest BCUT2D eigenvalue weighted by Gasteiger charge is 2.32. The first kappa shape index (κ1) is 22.3. The molecule has 1 aliphatic carbocycles. The fourth-order valence-corrected chi connectivity index (χ4v) is 4.04. The smallest absolute Gasteiger partial charge is 0.355 e. The maximum absolute atomic E-state index is 12.9. The van der Waals surface area contributed by atoms with Crippen molar-refractivity contribution in [2.24, 2.45) is 0 Å². The number of hydrogen-bond donors (Lipinski definition) is 1. The van der Waals surface area contributed by atoms with E-state index >= 15 is 0 Å². The number of rotatable bonds is 7. The normalized spacial score (nSPS) is 16.4. The molecule has 30 heavy (non-hydrogen) atoms. The van der Waals surface area contributed by atoms with Gasteiger partial charge in [-0.3, -0.25) is 4.79 Å². The number of ether oxygens (including phenoxy) is 2. The average molecular weight is 412 g/mol. The molecule has 2 aromatic rings. The molecular formula is C25H33NO4. The molecule has 5 nitrogen and oxygen atoms in total. The molecule has 5 heteroatoms. The monoisotopic (exact) mass is 411 g/mol. The van der Waals surface area contributed by atoms with Crippen molar-refractivity contribution >= 4 is 11.8 Å². The van der Waals surface area contributed by atoms with Gasteiger partial charge < -0.3 is 14.5 Å². The molecule has 0 fully saturated rings. The maximum atomic E-state index is 12.9. The van der Waals surface area contributed by atoms with Crippen molar-refractivity contribution < 1.29 is 19.1 Å². The molecule has 0 bridgehead atoms. The summed E-state index contributed by atoms with van der Waals surface area (Å²) in [7, 11) is 0. The van der Waals surface area contributed by atoms with Crippen molar-refractivity contribution in [1.29, 1.82) is 0 Å². The molecule has 0 spiro atoms. The van der Waals surface area contributed by atoms with E-state index in [9.17, 15) is 9.59 Å². The summed E-state index contributed by atoms with van der Waals surface area (Å²) < 4.78 is 10.7. The molecule has 0 saturated carbocycles. The molecule has 1 aromatic heterocycles. The third kappa shape index (κ3) is 4.84. The lowest BCUT2D eigenvalue weighted by Crippen LogP contribution is -2.19. The van der Waals surface area contributed by atoms with Crippen molar-refractivity contribution in [3.05, 3.63) is 57.9 Å². The second-order valence-electron chi connectivity index (χ2n) is 9.13. The molecule has 1 aromatic carbocycles. The van der Waals surface area contributed by atoms with E-state index < -0.39 is 5.97 Å². The van der Waals surface area contributed by atoms with Gasteiger partial charge in [-0.1, -0.05) is 52.0 Å². The fraction of sp³-hybridized carbons (Fsp3) is 0.520. The highest BCUT2D eigenvalue weighted by Crippen LogP contribution is 2.36. The van der Waals surface area contributed by atoms with Gasteiger partial charge >= 0.3 is 5.97 Å². The number of hydrogen-bond acceptors (Lipinski definition) is 4. The van der Waals surface area contributed by atoms with Crippen LogP contribution in [0.5, 0.6) is 0 Å². The maximum Gasteiger partial charge on any atom is 0.355 e. The summed E-state index contributed by atoms with van der Waals surface area (Å²) in [6, 6.07) is 8.56. The van der Waals surface area contributed by atoms with Crippen LogP contribution in [-0.4, -0.2) is 36.6 Å². The first-order chi connectivity index (χ1) is 14.2. The predicted molar refractivity (Wildman–Crippen MR) is 117 cm³/mol. The number of H-pyrrole nitrogens is 1. The van der Waals surface area contributed by atoms with E-state index in [2.05, 4.69) is 50.0 Å². The number of esters is 1. The molecule has 3 rings (SSSR count). The Morgan fingerprint density at radius 2 is 1.80 bits per heavy atom. The van der Waals surface area contributed by atoms with Crippen molar-refractivity contribution in [3.8, 4) is 0 Å². The minimum atomic E-state index is -0.430. The van der Waals surface area contributed by atoms with Gasteiger partial charge in [0.15, 0.2) is 5.78 Å². The van der Waals surface area contributed by atoms with Crippen LogP contribution in [0.25, 0.3) is 0 Å². The Morgan fingerprint density at radius 3 is 2.43 bits per heavy atom. The van der Waals surface area contributed by atoms with Crippen LogP contribution in [0.4, 0.5) is 0 Å². The number of ketones is 1. The second kappa shape index (κ2) is 9.17. The number of aromatic amines is 1. The third-order valence-corrected chi connectivity index (χ3v) is 5.75. The standard InChI is InChI=1S/C25H33NO4/c1-6-11-29-12-13-30-24(28)23-16(2)22-20(26-23)14-18(15-21(22)27)17-7-9-19(10-8-17)25(3,4)5/h7-10,18,26H,6,11-15H2,1-5H3/t18-/m1/s1. The zero-order valence-electron chi connectivity index (χ0n) is 18.8. The van der Waals surface area contributed by atoms with Gasteiger partial charge in [0, 0.05) is 24.3 Å². The Bertz CT molecular complexity index is 902. The first-order valence-electron chi connectivity index (χ1n) is 10.8. The molecule has 0 amide bonds. The molecule has 0 aliphatic heterocycles. The molecule has 0 unspecified atom stereocenters. The van der Waals surface area contributed by atoms with Crippen molar-refractivity contribution in [2.75, 3.05) is 19.8 Å². The molecule has 0 saturated heterocycles. The van der Waals surface area contributed by atoms with Crippen molar-refractivity contribution in [2.45, 2.75) is 65.2 Å². The first-order valence-corrected chi connectivity index (χ1v) is 10.8. The van der Waals surface area contributed by atoms with Crippen molar-refractivity contribution in [1.82, 2.24) is 4.98 Å². The van der Waals surface area contributed by atoms with E-state index in [1.54, 1.807) is 0 Å². The summed E-state index contributed by atoms with van der Waals surface area (Å²) in [6.45, 7) is 11.7. The number of carbonyl (C=O) groups is 2. The summed E-state index contributed by atoms with van der Waals surface area (Å²) in [6.07, 6.45) is 2.10. The van der Waals surface area contributed by atoms with E-state index in [-0.39, 0.29) is 23.7 Å². The average Bonchev–Trinajstić information content (AvgIpc) is 3.04. The number of Topliss-reactive ketones (excluding diaryl/α,β-unsaturated/α-hetero) is 1. The zero-order chi connectivity index (χ0) is 21.9. The van der Waals surface area contributed by atoms with Crippen molar-refractivity contribution in [3.63, 3.8) is 0 Å². The van der Waals surface area contributed by atoms with Crippen LogP contribution in [0.2, 0.25) is 0 Å². The minimum Gasteiger partial charge on any atom is -0.459 e. The summed E-state index contributed by atoms with van der Waals surface area (Å²) in [4.78, 5) is 28.6. The fourth-order valence-electron chi connectivity index (χ4n) is 4.04. The number of nitrogens with one attached hydrogen (secondary N) is 1. The SMILES string of the molecule is CCCOCCOC(=O)c1[nH]c2c(c1C)C(=O)C[C@H](c1ccc(C(C)(C)C)cc1)C2.